The van der Waals surface area contributed by atoms with Crippen molar-refractivity contribution in [3.8, 4) is 5.88 Å². The molecule has 2 aromatic rings. The molecule has 0 spiro atoms. The number of carbonyl (C=O) groups excluding carboxylic acids is 2. The van der Waals surface area contributed by atoms with Crippen LogP contribution in [0.1, 0.15) is 12.8 Å². The Labute approximate surface area is 167 Å². The van der Waals surface area contributed by atoms with Crippen LogP contribution in [0.2, 0.25) is 0 Å². The highest BCUT2D eigenvalue weighted by Crippen LogP contribution is 2.23. The minimum Gasteiger partial charge on any atom is -0.474 e. The molecule has 0 unspecified atom stereocenters. The molecule has 1 aromatic heterocycles. The van der Waals surface area contributed by atoms with Gasteiger partial charge in [0.1, 0.15) is 24.8 Å². The van der Waals surface area contributed by atoms with Crippen molar-refractivity contribution in [2.24, 2.45) is 0 Å². The number of anilines is 1. The van der Waals surface area contributed by atoms with E-state index in [0.29, 0.717) is 44.9 Å². The first kappa shape index (κ1) is 19.1. The maximum absolute atomic E-state index is 14.0. The summed E-state index contributed by atoms with van der Waals surface area (Å²) in [5, 5.41) is 0. The standard InChI is InChI=1S/C20H22FN5O3/c21-16-3-1-2-4-17(16)26-12-11-25(20(26)28)13-19(27)24-9-6-15(7-10-24)29-18-5-8-22-14-23-18/h1-5,8,14-15H,6-7,9-13H2. The van der Waals surface area contributed by atoms with Gasteiger partial charge >= 0.3 is 6.03 Å². The Bertz CT molecular complexity index is 873. The molecule has 1 aromatic carbocycles. The van der Waals surface area contributed by atoms with Crippen LogP contribution >= 0.6 is 0 Å². The summed E-state index contributed by atoms with van der Waals surface area (Å²) in [6.07, 6.45) is 4.46. The number of carbonyl (C=O) groups is 2. The first-order valence-electron chi connectivity index (χ1n) is 9.63. The summed E-state index contributed by atoms with van der Waals surface area (Å²) in [5.41, 5.74) is 0.245. The Morgan fingerprint density at radius 1 is 1.14 bits per heavy atom. The smallest absolute Gasteiger partial charge is 0.325 e. The maximum Gasteiger partial charge on any atom is 0.325 e. The third-order valence-electron chi connectivity index (χ3n) is 5.20. The number of nitrogens with zero attached hydrogens (tertiary/aromatic N) is 5. The van der Waals surface area contributed by atoms with Gasteiger partial charge in [-0.2, -0.15) is 0 Å². The molecule has 2 fully saturated rings. The fourth-order valence-corrected chi connectivity index (χ4v) is 3.63. The molecule has 0 bridgehead atoms. The van der Waals surface area contributed by atoms with Crippen LogP contribution in [0.25, 0.3) is 0 Å². The van der Waals surface area contributed by atoms with E-state index in [1.807, 2.05) is 0 Å². The maximum atomic E-state index is 14.0. The number of hydrogen-bond acceptors (Lipinski definition) is 5. The highest BCUT2D eigenvalue weighted by molar-refractivity contribution is 5.96. The number of rotatable bonds is 5. The van der Waals surface area contributed by atoms with Gasteiger partial charge in [-0.05, 0) is 12.1 Å². The number of benzene rings is 1. The largest absolute Gasteiger partial charge is 0.474 e. The van der Waals surface area contributed by atoms with E-state index < -0.39 is 5.82 Å². The molecule has 3 heterocycles. The third kappa shape index (κ3) is 4.28. The molecule has 0 saturated carbocycles. The molecule has 2 saturated heterocycles. The van der Waals surface area contributed by atoms with E-state index in [-0.39, 0.29) is 30.3 Å². The van der Waals surface area contributed by atoms with E-state index >= 15 is 0 Å². The number of ether oxygens (including phenoxy) is 1. The molecule has 0 atom stereocenters. The fourth-order valence-electron chi connectivity index (χ4n) is 3.63. The molecule has 8 nitrogen and oxygen atoms in total. The normalized spacial score (nSPS) is 17.7. The van der Waals surface area contributed by atoms with Gasteiger partial charge in [0.15, 0.2) is 0 Å². The monoisotopic (exact) mass is 399 g/mol. The number of hydrogen-bond donors (Lipinski definition) is 0. The molecule has 2 aliphatic heterocycles. The summed E-state index contributed by atoms with van der Waals surface area (Å²) in [4.78, 5) is 37.8. The summed E-state index contributed by atoms with van der Waals surface area (Å²) in [7, 11) is 0. The molecule has 3 amide bonds. The van der Waals surface area contributed by atoms with Crippen molar-refractivity contribution in [1.29, 1.82) is 0 Å². The molecule has 29 heavy (non-hydrogen) atoms. The van der Waals surface area contributed by atoms with Gasteiger partial charge in [0.05, 0.1) is 5.69 Å². The van der Waals surface area contributed by atoms with E-state index in [2.05, 4.69) is 9.97 Å². The lowest BCUT2D eigenvalue weighted by atomic mass is 10.1. The summed E-state index contributed by atoms with van der Waals surface area (Å²) in [6.45, 7) is 1.89. The van der Waals surface area contributed by atoms with Crippen molar-refractivity contribution in [3.05, 3.63) is 48.7 Å². The average molecular weight is 399 g/mol. The summed E-state index contributed by atoms with van der Waals surface area (Å²) < 4.78 is 19.8. The zero-order valence-corrected chi connectivity index (χ0v) is 15.9. The van der Waals surface area contributed by atoms with Gasteiger partial charge in [-0.25, -0.2) is 19.2 Å². The molecule has 152 valence electrons. The van der Waals surface area contributed by atoms with Crippen LogP contribution in [-0.2, 0) is 4.79 Å². The van der Waals surface area contributed by atoms with Crippen LogP contribution in [0.3, 0.4) is 0 Å². The number of piperidine rings is 1. The number of urea groups is 1. The first-order valence-corrected chi connectivity index (χ1v) is 9.63. The predicted molar refractivity (Wildman–Crippen MR) is 103 cm³/mol. The summed E-state index contributed by atoms with van der Waals surface area (Å²) in [5.74, 6) is -0.0188. The number of aromatic nitrogens is 2. The molecular weight excluding hydrogens is 377 g/mol. The topological polar surface area (TPSA) is 78.9 Å². The zero-order chi connectivity index (χ0) is 20.2. The Balaban J connectivity index is 1.28. The lowest BCUT2D eigenvalue weighted by molar-refractivity contribution is -0.133. The lowest BCUT2D eigenvalue weighted by Crippen LogP contribution is -2.47. The van der Waals surface area contributed by atoms with Crippen molar-refractivity contribution < 1.29 is 18.7 Å². The van der Waals surface area contributed by atoms with Crippen LogP contribution in [0, 0.1) is 5.82 Å². The average Bonchev–Trinajstić information content (AvgIpc) is 3.10. The number of para-hydroxylation sites is 1. The van der Waals surface area contributed by atoms with Crippen LogP contribution in [0.5, 0.6) is 5.88 Å². The van der Waals surface area contributed by atoms with Crippen LogP contribution in [-0.4, -0.2) is 70.5 Å². The second-order valence-corrected chi connectivity index (χ2v) is 7.05. The first-order chi connectivity index (χ1) is 14.1. The fraction of sp³-hybridized carbons (Fsp3) is 0.400. The highest BCUT2D eigenvalue weighted by Gasteiger charge is 2.34. The van der Waals surface area contributed by atoms with Crippen molar-refractivity contribution in [1.82, 2.24) is 19.8 Å². The van der Waals surface area contributed by atoms with Gasteiger partial charge in [0.2, 0.25) is 11.8 Å². The Hall–Kier alpha value is -3.23. The summed E-state index contributed by atoms with van der Waals surface area (Å²) >= 11 is 0. The van der Waals surface area contributed by atoms with Crippen molar-refractivity contribution >= 4 is 17.6 Å². The van der Waals surface area contributed by atoms with Gasteiger partial charge in [-0.1, -0.05) is 12.1 Å². The molecular formula is C20H22FN5O3. The van der Waals surface area contributed by atoms with E-state index in [4.69, 9.17) is 4.74 Å². The Morgan fingerprint density at radius 2 is 1.93 bits per heavy atom. The van der Waals surface area contributed by atoms with Crippen molar-refractivity contribution in [2.45, 2.75) is 18.9 Å². The van der Waals surface area contributed by atoms with Crippen molar-refractivity contribution in [2.75, 3.05) is 37.6 Å². The molecule has 9 heteroatoms. The van der Waals surface area contributed by atoms with Crippen molar-refractivity contribution in [3.63, 3.8) is 0 Å². The van der Waals surface area contributed by atoms with E-state index in [1.54, 1.807) is 35.4 Å². The predicted octanol–water partition coefficient (Wildman–Crippen LogP) is 1.93. The van der Waals surface area contributed by atoms with Crippen LogP contribution < -0.4 is 9.64 Å². The lowest BCUT2D eigenvalue weighted by Gasteiger charge is -2.32. The number of likely N-dealkylation sites (tertiary alicyclic amines) is 1. The number of amides is 3. The Kier molecular flexibility index (Phi) is 5.55. The van der Waals surface area contributed by atoms with Crippen LogP contribution in [0.4, 0.5) is 14.9 Å². The van der Waals surface area contributed by atoms with Gasteiger partial charge in [0, 0.05) is 51.3 Å². The van der Waals surface area contributed by atoms with Crippen LogP contribution in [0.15, 0.2) is 42.9 Å². The van der Waals surface area contributed by atoms with Gasteiger partial charge < -0.3 is 14.5 Å². The second-order valence-electron chi connectivity index (χ2n) is 7.05. The minimum absolute atomic E-state index is 0.00100. The summed E-state index contributed by atoms with van der Waals surface area (Å²) in [6, 6.07) is 7.53. The SMILES string of the molecule is O=C(CN1CCN(c2ccccc2F)C1=O)N1CCC(Oc2ccncn2)CC1. The third-order valence-corrected chi connectivity index (χ3v) is 5.20. The van der Waals surface area contributed by atoms with E-state index in [0.717, 1.165) is 0 Å². The molecule has 4 rings (SSSR count). The highest BCUT2D eigenvalue weighted by atomic mass is 19.1. The Morgan fingerprint density at radius 3 is 2.66 bits per heavy atom. The van der Waals surface area contributed by atoms with E-state index in [1.165, 1.54) is 22.2 Å². The second kappa shape index (κ2) is 8.42. The van der Waals surface area contributed by atoms with Gasteiger partial charge in [-0.3, -0.25) is 9.69 Å². The molecule has 2 aliphatic rings. The van der Waals surface area contributed by atoms with Gasteiger partial charge in [-0.15, -0.1) is 0 Å². The minimum atomic E-state index is -0.445. The van der Waals surface area contributed by atoms with E-state index in [9.17, 15) is 14.0 Å². The number of halogens is 1. The molecule has 0 N–H and O–H groups in total. The molecule has 0 radical (unpaired) electrons. The zero-order valence-electron chi connectivity index (χ0n) is 15.9. The quantitative estimate of drug-likeness (QED) is 0.768. The van der Waals surface area contributed by atoms with Gasteiger partial charge in [0.25, 0.3) is 0 Å². The molecule has 0 aliphatic carbocycles.